The molecule has 0 aliphatic carbocycles. The van der Waals surface area contributed by atoms with Crippen molar-refractivity contribution < 1.29 is 19.8 Å². The number of carboxylic acids is 2. The Hall–Kier alpha value is -4.06. The van der Waals surface area contributed by atoms with Gasteiger partial charge < -0.3 is 21.7 Å². The lowest BCUT2D eigenvalue weighted by Crippen LogP contribution is -2.02. The molecule has 0 amide bonds. The molecule has 140 valence electrons. The molecule has 0 radical (unpaired) electrons. The molecule has 6 heteroatoms. The molecule has 0 unspecified atom stereocenters. The summed E-state index contributed by atoms with van der Waals surface area (Å²) in [5, 5.41) is 21.1. The minimum Gasteiger partial charge on any atom is -0.478 e. The van der Waals surface area contributed by atoms with Gasteiger partial charge in [-0.15, -0.1) is 0 Å². The number of fused-ring (bicyclic) bond motifs is 2. The number of anilines is 2. The van der Waals surface area contributed by atoms with Crippen molar-refractivity contribution in [1.29, 1.82) is 0 Å². The minimum atomic E-state index is -0.987. The van der Waals surface area contributed by atoms with Gasteiger partial charge in [0.15, 0.2) is 0 Å². The van der Waals surface area contributed by atoms with Crippen LogP contribution >= 0.6 is 0 Å². The van der Waals surface area contributed by atoms with E-state index in [9.17, 15) is 9.59 Å². The Morgan fingerprint density at radius 2 is 1.29 bits per heavy atom. The van der Waals surface area contributed by atoms with E-state index < -0.39 is 11.9 Å². The van der Waals surface area contributed by atoms with Gasteiger partial charge in [0, 0.05) is 16.8 Å². The van der Waals surface area contributed by atoms with Crippen molar-refractivity contribution in [2.24, 2.45) is 0 Å². The highest BCUT2D eigenvalue weighted by atomic mass is 16.4. The summed E-state index contributed by atoms with van der Waals surface area (Å²) in [5.41, 5.74) is 12.7. The van der Waals surface area contributed by atoms with E-state index in [0.29, 0.717) is 16.8 Å². The van der Waals surface area contributed by atoms with Crippen LogP contribution in [0, 0.1) is 0 Å². The van der Waals surface area contributed by atoms with Crippen LogP contribution in [0.5, 0.6) is 0 Å². The Bertz CT molecular complexity index is 1200. The highest BCUT2D eigenvalue weighted by Gasteiger charge is 2.11. The monoisotopic (exact) mass is 374 g/mol. The second-order valence-electron chi connectivity index (χ2n) is 6.14. The van der Waals surface area contributed by atoms with Crippen LogP contribution in [0.4, 0.5) is 11.4 Å². The third-order valence-electron chi connectivity index (χ3n) is 4.34. The first-order valence-corrected chi connectivity index (χ1v) is 8.40. The summed E-state index contributed by atoms with van der Waals surface area (Å²) in [7, 11) is 0. The smallest absolute Gasteiger partial charge is 0.338 e. The lowest BCUT2D eigenvalue weighted by atomic mass is 10.0. The zero-order valence-electron chi connectivity index (χ0n) is 14.8. The summed E-state index contributed by atoms with van der Waals surface area (Å²) in [4.78, 5) is 21.7. The lowest BCUT2D eigenvalue weighted by molar-refractivity contribution is 0.0687. The van der Waals surface area contributed by atoms with E-state index in [1.54, 1.807) is 42.5 Å². The summed E-state index contributed by atoms with van der Waals surface area (Å²) < 4.78 is 0. The van der Waals surface area contributed by atoms with Crippen LogP contribution in [-0.4, -0.2) is 22.2 Å². The van der Waals surface area contributed by atoms with E-state index in [0.717, 1.165) is 16.2 Å². The van der Waals surface area contributed by atoms with Gasteiger partial charge >= 0.3 is 11.9 Å². The third-order valence-corrected chi connectivity index (χ3v) is 4.34. The SMILES string of the molecule is Nc1ccc2ccccc2c1C(=O)O.Nc1cccc2ccc(C(=O)O)cc12. The Morgan fingerprint density at radius 3 is 2.00 bits per heavy atom. The van der Waals surface area contributed by atoms with Crippen LogP contribution in [0.1, 0.15) is 20.7 Å². The molecule has 0 aliphatic heterocycles. The van der Waals surface area contributed by atoms with Gasteiger partial charge in [-0.2, -0.15) is 0 Å². The van der Waals surface area contributed by atoms with Crippen molar-refractivity contribution in [1.82, 2.24) is 0 Å². The highest BCUT2D eigenvalue weighted by molar-refractivity contribution is 6.08. The molecule has 0 aromatic heterocycles. The Labute approximate surface area is 160 Å². The number of nitrogens with two attached hydrogens (primary N) is 2. The van der Waals surface area contributed by atoms with Crippen molar-refractivity contribution in [3.8, 4) is 0 Å². The van der Waals surface area contributed by atoms with Gasteiger partial charge in [-0.25, -0.2) is 9.59 Å². The van der Waals surface area contributed by atoms with Crippen molar-refractivity contribution >= 4 is 44.9 Å². The summed E-state index contributed by atoms with van der Waals surface area (Å²) in [6.07, 6.45) is 0. The Balaban J connectivity index is 0.000000161. The number of carboxylic acid groups (broad SMARTS) is 2. The second kappa shape index (κ2) is 7.67. The van der Waals surface area contributed by atoms with Gasteiger partial charge in [-0.3, -0.25) is 0 Å². The van der Waals surface area contributed by atoms with E-state index >= 15 is 0 Å². The maximum Gasteiger partial charge on any atom is 0.338 e. The Kier molecular flexibility index (Phi) is 5.13. The largest absolute Gasteiger partial charge is 0.478 e. The van der Waals surface area contributed by atoms with E-state index in [1.807, 2.05) is 30.3 Å². The first-order chi connectivity index (χ1) is 13.4. The van der Waals surface area contributed by atoms with Gasteiger partial charge in [0.2, 0.25) is 0 Å². The molecular weight excluding hydrogens is 356 g/mol. The fraction of sp³-hybridized carbons (Fsp3) is 0. The van der Waals surface area contributed by atoms with Crippen LogP contribution in [0.2, 0.25) is 0 Å². The van der Waals surface area contributed by atoms with Gasteiger partial charge in [0.05, 0.1) is 11.1 Å². The predicted molar refractivity (Wildman–Crippen MR) is 111 cm³/mol. The summed E-state index contributed by atoms with van der Waals surface area (Å²) in [5.74, 6) is -1.92. The second-order valence-corrected chi connectivity index (χ2v) is 6.14. The molecular formula is C22H18N2O4. The fourth-order valence-electron chi connectivity index (χ4n) is 2.96. The van der Waals surface area contributed by atoms with Gasteiger partial charge in [-0.05, 0) is 40.4 Å². The van der Waals surface area contributed by atoms with Crippen molar-refractivity contribution in [2.75, 3.05) is 11.5 Å². The molecule has 0 bridgehead atoms. The number of nitrogen functional groups attached to an aromatic ring is 2. The molecule has 0 aliphatic rings. The molecule has 4 aromatic carbocycles. The van der Waals surface area contributed by atoms with Gasteiger partial charge in [-0.1, -0.05) is 48.5 Å². The maximum atomic E-state index is 11.0. The Morgan fingerprint density at radius 1 is 0.643 bits per heavy atom. The molecule has 0 saturated heterocycles. The summed E-state index contributed by atoms with van der Waals surface area (Å²) in [6.45, 7) is 0. The first-order valence-electron chi connectivity index (χ1n) is 8.40. The van der Waals surface area contributed by atoms with Crippen LogP contribution in [-0.2, 0) is 0 Å². The van der Waals surface area contributed by atoms with E-state index in [1.165, 1.54) is 0 Å². The zero-order valence-corrected chi connectivity index (χ0v) is 14.8. The topological polar surface area (TPSA) is 127 Å². The summed E-state index contributed by atoms with van der Waals surface area (Å²) in [6, 6.07) is 21.1. The van der Waals surface area contributed by atoms with Crippen LogP contribution in [0.3, 0.4) is 0 Å². The molecule has 28 heavy (non-hydrogen) atoms. The zero-order chi connectivity index (χ0) is 20.3. The number of hydrogen-bond acceptors (Lipinski definition) is 4. The quantitative estimate of drug-likeness (QED) is 0.389. The number of rotatable bonds is 2. The molecule has 6 N–H and O–H groups in total. The molecule has 0 atom stereocenters. The van der Waals surface area contributed by atoms with Crippen LogP contribution < -0.4 is 11.5 Å². The molecule has 0 saturated carbocycles. The standard InChI is InChI=1S/2C11H9NO2/c12-10-3-1-2-7-4-5-8(11(13)14)6-9(7)10;12-9-6-5-7-3-1-2-4-8(7)10(9)11(13)14/h2*1-6H,12H2,(H,13,14). The third kappa shape index (κ3) is 3.71. The van der Waals surface area contributed by atoms with Crippen molar-refractivity contribution in [3.05, 3.63) is 83.9 Å². The summed E-state index contributed by atoms with van der Waals surface area (Å²) >= 11 is 0. The number of carbonyl (C=O) groups is 2. The molecule has 0 fully saturated rings. The molecule has 0 heterocycles. The molecule has 4 aromatic rings. The number of benzene rings is 4. The van der Waals surface area contributed by atoms with E-state index in [-0.39, 0.29) is 11.1 Å². The minimum absolute atomic E-state index is 0.183. The van der Waals surface area contributed by atoms with Crippen molar-refractivity contribution in [2.45, 2.75) is 0 Å². The average Bonchev–Trinajstić information content (AvgIpc) is 2.68. The van der Waals surface area contributed by atoms with Crippen LogP contribution in [0.25, 0.3) is 21.5 Å². The number of aromatic carboxylic acids is 2. The first kappa shape index (κ1) is 18.7. The molecule has 0 spiro atoms. The maximum absolute atomic E-state index is 11.0. The molecule has 4 rings (SSSR count). The lowest BCUT2D eigenvalue weighted by Gasteiger charge is -2.04. The molecule has 6 nitrogen and oxygen atoms in total. The van der Waals surface area contributed by atoms with E-state index in [2.05, 4.69) is 0 Å². The average molecular weight is 374 g/mol. The van der Waals surface area contributed by atoms with Crippen molar-refractivity contribution in [3.63, 3.8) is 0 Å². The normalized spacial score (nSPS) is 10.3. The predicted octanol–water partition coefficient (Wildman–Crippen LogP) is 4.24. The van der Waals surface area contributed by atoms with Gasteiger partial charge in [0.1, 0.15) is 0 Å². The highest BCUT2D eigenvalue weighted by Crippen LogP contribution is 2.24. The fourth-order valence-corrected chi connectivity index (χ4v) is 2.96. The van der Waals surface area contributed by atoms with Crippen LogP contribution in [0.15, 0.2) is 72.8 Å². The van der Waals surface area contributed by atoms with Gasteiger partial charge in [0.25, 0.3) is 0 Å². The number of hydrogen-bond donors (Lipinski definition) is 4. The van der Waals surface area contributed by atoms with E-state index in [4.69, 9.17) is 21.7 Å².